The molecule has 0 radical (unpaired) electrons. The quantitative estimate of drug-likeness (QED) is 0.187. The number of aliphatic hydroxyl groups is 2. The smallest absolute Gasteiger partial charge is 0.235 e. The Bertz CT molecular complexity index is 1180. The molecule has 0 bridgehead atoms. The molecule has 182 valence electrons. The minimum absolute atomic E-state index is 0.0565. The number of primary amides is 1. The highest BCUT2D eigenvalue weighted by atomic mass is 16.3. The molecule has 4 rings (SSSR count). The predicted octanol–water partition coefficient (Wildman–Crippen LogP) is -1.71. The lowest BCUT2D eigenvalue weighted by atomic mass is 9.49. The van der Waals surface area contributed by atoms with E-state index in [1.807, 2.05) is 0 Å². The molecular formula is C23H27N3O8. The van der Waals surface area contributed by atoms with E-state index >= 15 is 0 Å². The molecule has 1 amide bonds. The third-order valence-electron chi connectivity index (χ3n) is 7.86. The molecule has 0 spiro atoms. The van der Waals surface area contributed by atoms with Gasteiger partial charge >= 0.3 is 0 Å². The number of Topliss-reactive ketones (excluding diaryl/α,β-unsaturated/α-hetero) is 4. The standard InChI is InChI=1S/C23H27N3O8/c1-6-5-8-7(2)9-11(16(27)10(8)18(29)14(6)24)20(31)23(34)13(17(9)28)15(26(3)4)19(30)12(21(23)32)22(25)33/h5,7,9,11-13,15,17,28-29,34H,24H2,1-4H3,(H2,25,33). The normalized spacial score (nSPS) is 37.3. The number of aryl methyl sites for hydroxylation is 1. The Morgan fingerprint density at radius 1 is 1.15 bits per heavy atom. The number of anilines is 1. The molecular weight excluding hydrogens is 446 g/mol. The number of nitrogens with zero attached hydrogens (tertiary/aromatic N) is 1. The Labute approximate surface area is 194 Å². The minimum Gasteiger partial charge on any atom is -0.505 e. The maximum Gasteiger partial charge on any atom is 0.235 e. The number of likely N-dealkylation sites (N-methyl/N-ethyl adjacent to an activating group) is 1. The first kappa shape index (κ1) is 24.0. The molecule has 34 heavy (non-hydrogen) atoms. The van der Waals surface area contributed by atoms with Gasteiger partial charge in [0, 0.05) is 5.92 Å². The lowest BCUT2D eigenvalue weighted by molar-refractivity contribution is -0.196. The molecule has 11 nitrogen and oxygen atoms in total. The van der Waals surface area contributed by atoms with E-state index in [0.29, 0.717) is 11.1 Å². The van der Waals surface area contributed by atoms with Gasteiger partial charge in [-0.3, -0.25) is 28.9 Å². The number of hydrogen-bond donors (Lipinski definition) is 5. The molecule has 3 aliphatic carbocycles. The van der Waals surface area contributed by atoms with Gasteiger partial charge in [0.1, 0.15) is 5.75 Å². The number of hydrogen-bond acceptors (Lipinski definition) is 10. The SMILES string of the molecule is Cc1cc2c(c(O)c1N)C(=O)C1C(=O)C3(O)C(=O)C(C(N)=O)C(=O)C(N(C)C)C3C(O)C1C2C. The van der Waals surface area contributed by atoms with Gasteiger partial charge in [-0.1, -0.05) is 13.0 Å². The van der Waals surface area contributed by atoms with Gasteiger partial charge in [0.25, 0.3) is 0 Å². The van der Waals surface area contributed by atoms with Crippen molar-refractivity contribution >= 4 is 34.7 Å². The fraction of sp³-hybridized carbons (Fsp3) is 0.522. The highest BCUT2D eigenvalue weighted by molar-refractivity contribution is 6.32. The Morgan fingerprint density at radius 3 is 2.26 bits per heavy atom. The molecule has 0 aliphatic heterocycles. The second kappa shape index (κ2) is 7.42. The molecule has 8 atom stereocenters. The van der Waals surface area contributed by atoms with Gasteiger partial charge in [0.05, 0.1) is 35.2 Å². The lowest BCUT2D eigenvalue weighted by Gasteiger charge is -2.56. The van der Waals surface area contributed by atoms with E-state index in [9.17, 15) is 39.3 Å². The monoisotopic (exact) mass is 473 g/mol. The molecule has 1 aromatic rings. The summed E-state index contributed by atoms with van der Waals surface area (Å²) in [6.45, 7) is 3.27. The summed E-state index contributed by atoms with van der Waals surface area (Å²) in [6, 6.07) is 0.190. The molecule has 7 N–H and O–H groups in total. The van der Waals surface area contributed by atoms with Crippen molar-refractivity contribution in [1.82, 2.24) is 4.90 Å². The fourth-order valence-corrected chi connectivity index (χ4v) is 6.20. The van der Waals surface area contributed by atoms with E-state index in [-0.39, 0.29) is 11.3 Å². The van der Waals surface area contributed by atoms with Crippen molar-refractivity contribution in [3.05, 3.63) is 22.8 Å². The van der Waals surface area contributed by atoms with E-state index in [4.69, 9.17) is 11.5 Å². The first-order chi connectivity index (χ1) is 15.7. The van der Waals surface area contributed by atoms with E-state index < -0.39 is 82.1 Å². The third kappa shape index (κ3) is 2.71. The molecule has 0 heterocycles. The number of carbonyl (C=O) groups is 5. The number of carbonyl (C=O) groups excluding carboxylic acids is 5. The number of phenolic OH excluding ortho intramolecular Hbond substituents is 1. The summed E-state index contributed by atoms with van der Waals surface area (Å²) in [5.41, 5.74) is 8.71. The molecule has 11 heteroatoms. The number of aromatic hydroxyl groups is 1. The average molecular weight is 473 g/mol. The van der Waals surface area contributed by atoms with Crippen LogP contribution in [-0.2, 0) is 19.2 Å². The van der Waals surface area contributed by atoms with Gasteiger partial charge in [-0.25, -0.2) is 0 Å². The summed E-state index contributed by atoms with van der Waals surface area (Å²) in [7, 11) is 2.88. The number of nitrogen functional groups attached to an aromatic ring is 1. The number of benzene rings is 1. The van der Waals surface area contributed by atoms with Crippen LogP contribution in [0.5, 0.6) is 5.75 Å². The van der Waals surface area contributed by atoms with Gasteiger partial charge in [-0.05, 0) is 38.1 Å². The Kier molecular flexibility index (Phi) is 5.24. The zero-order valence-corrected chi connectivity index (χ0v) is 19.1. The predicted molar refractivity (Wildman–Crippen MR) is 117 cm³/mol. The maximum absolute atomic E-state index is 13.7. The van der Waals surface area contributed by atoms with Crippen LogP contribution in [-0.4, -0.2) is 81.1 Å². The molecule has 1 aromatic carbocycles. The number of amides is 1. The first-order valence-corrected chi connectivity index (χ1v) is 10.8. The number of fused-ring (bicyclic) bond motifs is 3. The largest absolute Gasteiger partial charge is 0.505 e. The van der Waals surface area contributed by atoms with Gasteiger partial charge in [-0.15, -0.1) is 0 Å². The van der Waals surface area contributed by atoms with Gasteiger partial charge in [-0.2, -0.15) is 0 Å². The summed E-state index contributed by atoms with van der Waals surface area (Å²) in [5, 5.41) is 33.6. The van der Waals surface area contributed by atoms with Crippen molar-refractivity contribution < 1.29 is 39.3 Å². The second-order valence-corrected chi connectivity index (χ2v) is 9.79. The van der Waals surface area contributed by atoms with Crippen LogP contribution < -0.4 is 11.5 Å². The summed E-state index contributed by atoms with van der Waals surface area (Å²) in [5.74, 6) is -13.6. The van der Waals surface area contributed by atoms with Crippen LogP contribution in [0.4, 0.5) is 5.69 Å². The zero-order chi connectivity index (χ0) is 25.6. The summed E-state index contributed by atoms with van der Waals surface area (Å²) in [4.78, 5) is 66.9. The van der Waals surface area contributed by atoms with Crippen molar-refractivity contribution in [3.8, 4) is 5.75 Å². The summed E-state index contributed by atoms with van der Waals surface area (Å²) in [6.07, 6.45) is -1.66. The average Bonchev–Trinajstić information content (AvgIpc) is 2.74. The zero-order valence-electron chi connectivity index (χ0n) is 19.1. The van der Waals surface area contributed by atoms with Crippen LogP contribution >= 0.6 is 0 Å². The summed E-state index contributed by atoms with van der Waals surface area (Å²) >= 11 is 0. The van der Waals surface area contributed by atoms with Gasteiger partial charge in [0.2, 0.25) is 5.91 Å². The van der Waals surface area contributed by atoms with E-state index in [1.54, 1.807) is 19.9 Å². The molecule has 3 aliphatic rings. The molecule has 2 saturated carbocycles. The number of nitrogens with two attached hydrogens (primary N) is 2. The molecule has 0 saturated heterocycles. The van der Waals surface area contributed by atoms with Crippen LogP contribution in [0.25, 0.3) is 0 Å². The summed E-state index contributed by atoms with van der Waals surface area (Å²) < 4.78 is 0. The highest BCUT2D eigenvalue weighted by Crippen LogP contribution is 2.55. The second-order valence-electron chi connectivity index (χ2n) is 9.79. The van der Waals surface area contributed by atoms with Crippen LogP contribution in [0.1, 0.15) is 34.3 Å². The van der Waals surface area contributed by atoms with Crippen LogP contribution in [0.15, 0.2) is 6.07 Å². The van der Waals surface area contributed by atoms with Crippen molar-refractivity contribution in [2.24, 2.45) is 29.4 Å². The Hall–Kier alpha value is -3.15. The molecule has 0 aromatic heterocycles. The van der Waals surface area contributed by atoms with Crippen LogP contribution in [0, 0.1) is 30.6 Å². The van der Waals surface area contributed by atoms with E-state index in [1.165, 1.54) is 19.0 Å². The number of aliphatic hydroxyl groups excluding tert-OH is 1. The minimum atomic E-state index is -3.01. The molecule has 8 unspecified atom stereocenters. The number of rotatable bonds is 2. The van der Waals surface area contributed by atoms with Crippen molar-refractivity contribution in [3.63, 3.8) is 0 Å². The van der Waals surface area contributed by atoms with Crippen molar-refractivity contribution in [1.29, 1.82) is 0 Å². The highest BCUT2D eigenvalue weighted by Gasteiger charge is 2.72. The van der Waals surface area contributed by atoms with Gasteiger partial charge in [0.15, 0.2) is 34.7 Å². The van der Waals surface area contributed by atoms with Gasteiger partial charge < -0.3 is 26.8 Å². The molecule has 2 fully saturated rings. The van der Waals surface area contributed by atoms with Crippen molar-refractivity contribution in [2.75, 3.05) is 19.8 Å². The maximum atomic E-state index is 13.7. The Balaban J connectivity index is 1.98. The third-order valence-corrected chi connectivity index (χ3v) is 7.86. The first-order valence-electron chi connectivity index (χ1n) is 10.8. The topological polar surface area (TPSA) is 201 Å². The van der Waals surface area contributed by atoms with Crippen molar-refractivity contribution in [2.45, 2.75) is 37.5 Å². The van der Waals surface area contributed by atoms with E-state index in [2.05, 4.69) is 0 Å². The van der Waals surface area contributed by atoms with E-state index in [0.717, 1.165) is 0 Å². The number of ketones is 4. The van der Waals surface area contributed by atoms with Crippen LogP contribution in [0.3, 0.4) is 0 Å². The lowest BCUT2D eigenvalue weighted by Crippen LogP contribution is -2.77. The Morgan fingerprint density at radius 2 is 1.74 bits per heavy atom. The fourth-order valence-electron chi connectivity index (χ4n) is 6.20. The number of phenols is 1. The van der Waals surface area contributed by atoms with Crippen LogP contribution in [0.2, 0.25) is 0 Å².